The number of carbonyl (C=O) groups excluding carboxylic acids is 2. The highest BCUT2D eigenvalue weighted by Gasteiger charge is 2.77. The van der Waals surface area contributed by atoms with Gasteiger partial charge in [-0.2, -0.15) is 0 Å². The average Bonchev–Trinajstić information content (AvgIpc) is 3.38. The van der Waals surface area contributed by atoms with E-state index in [0.717, 1.165) is 33.0 Å². The van der Waals surface area contributed by atoms with Gasteiger partial charge in [-0.05, 0) is 45.4 Å². The van der Waals surface area contributed by atoms with Crippen LogP contribution in [0.15, 0.2) is 14.4 Å². The number of hydrogen-bond donors (Lipinski definition) is 1. The highest BCUT2D eigenvalue weighted by Crippen LogP contribution is 2.56. The first-order chi connectivity index (χ1) is 23.9. The number of unbranched alkanes of at least 4 members (excludes halogenated alkanes) is 2. The third-order valence-electron chi connectivity index (χ3n) is 9.33. The molecule has 1 aromatic rings. The molecule has 50 heavy (non-hydrogen) atoms. The Labute approximate surface area is 294 Å². The third kappa shape index (κ3) is 7.66. The maximum absolute atomic E-state index is 14.7. The second-order valence-electron chi connectivity index (χ2n) is 13.5. The fourth-order valence-electron chi connectivity index (χ4n) is 7.25. The summed E-state index contributed by atoms with van der Waals surface area (Å²) < 4.78 is 25.5. The normalized spacial score (nSPS) is 20.8. The van der Waals surface area contributed by atoms with Crippen molar-refractivity contribution in [3.63, 3.8) is 0 Å². The molecule has 0 saturated carbocycles. The first kappa shape index (κ1) is 41.2. The number of hydrogen-bond acceptors (Lipinski definition) is 10. The summed E-state index contributed by atoms with van der Waals surface area (Å²) in [6, 6.07) is -0.617. The summed E-state index contributed by atoms with van der Waals surface area (Å²) in [5, 5.41) is 9.54. The molecular formula is C33H59N7O10. The molecule has 2 atom stereocenters. The van der Waals surface area contributed by atoms with Crippen LogP contribution in [0.4, 0.5) is 9.59 Å². The molecule has 3 heterocycles. The van der Waals surface area contributed by atoms with Crippen molar-refractivity contribution in [3.05, 3.63) is 31.5 Å². The lowest BCUT2D eigenvalue weighted by Crippen LogP contribution is -2.69. The molecule has 0 spiro atoms. The van der Waals surface area contributed by atoms with Crippen LogP contribution in [-0.2, 0) is 38.6 Å². The topological polar surface area (TPSA) is 170 Å². The van der Waals surface area contributed by atoms with Crippen LogP contribution in [0, 0.1) is 5.92 Å². The predicted octanol–water partition coefficient (Wildman–Crippen LogP) is 1.68. The number of aromatic nitrogens is 3. The summed E-state index contributed by atoms with van der Waals surface area (Å²) in [4.78, 5) is 75.3. The Morgan fingerprint density at radius 2 is 1.08 bits per heavy atom. The molecule has 1 aromatic heterocycles. The minimum absolute atomic E-state index is 0.0336. The lowest BCUT2D eigenvalue weighted by Gasteiger charge is -2.50. The van der Waals surface area contributed by atoms with Crippen molar-refractivity contribution in [3.8, 4) is 0 Å². The van der Waals surface area contributed by atoms with Crippen molar-refractivity contribution in [2.45, 2.75) is 117 Å². The van der Waals surface area contributed by atoms with Gasteiger partial charge in [0.25, 0.3) is 0 Å². The van der Waals surface area contributed by atoms with E-state index in [1.807, 2.05) is 34.6 Å². The smallest absolute Gasteiger partial charge is 0.336 e. The third-order valence-corrected chi connectivity index (χ3v) is 9.33. The van der Waals surface area contributed by atoms with Gasteiger partial charge in [0.1, 0.15) is 20.2 Å². The predicted molar refractivity (Wildman–Crippen MR) is 184 cm³/mol. The molecule has 0 aliphatic carbocycles. The highest BCUT2D eigenvalue weighted by molar-refractivity contribution is 5.88. The summed E-state index contributed by atoms with van der Waals surface area (Å²) in [5.74, 6) is 0.0766. The molecule has 17 nitrogen and oxygen atoms in total. The van der Waals surface area contributed by atoms with Crippen LogP contribution < -0.4 is 17.1 Å². The minimum Gasteiger partial charge on any atom is -0.395 e. The maximum atomic E-state index is 14.7. The van der Waals surface area contributed by atoms with Gasteiger partial charge >= 0.3 is 29.1 Å². The quantitative estimate of drug-likeness (QED) is 0.165. The Kier molecular flexibility index (Phi) is 15.1. The number of aliphatic hydroxyl groups is 1. The highest BCUT2D eigenvalue weighted by atomic mass is 16.5. The Bertz CT molecular complexity index is 1460. The fourth-order valence-corrected chi connectivity index (χ4v) is 7.25. The number of aliphatic hydroxyl groups excluding tert-OH is 1. The van der Waals surface area contributed by atoms with E-state index in [1.54, 1.807) is 19.6 Å². The number of rotatable bonds is 23. The van der Waals surface area contributed by atoms with Gasteiger partial charge < -0.3 is 24.1 Å². The first-order valence-electron chi connectivity index (χ1n) is 17.8. The zero-order valence-electron chi connectivity index (χ0n) is 31.2. The molecule has 17 heteroatoms. The van der Waals surface area contributed by atoms with Gasteiger partial charge in [0.2, 0.25) is 0 Å². The molecule has 1 N–H and O–H groups in total. The van der Waals surface area contributed by atoms with E-state index in [2.05, 4.69) is 6.92 Å². The van der Waals surface area contributed by atoms with Crippen LogP contribution in [0.5, 0.6) is 0 Å². The number of nitrogens with zero attached hydrogens (tertiary/aromatic N) is 7. The number of urea groups is 2. The van der Waals surface area contributed by atoms with E-state index >= 15 is 0 Å². The van der Waals surface area contributed by atoms with Crippen molar-refractivity contribution in [1.82, 2.24) is 33.3 Å². The lowest BCUT2D eigenvalue weighted by molar-refractivity contribution is -0.134. The van der Waals surface area contributed by atoms with Crippen molar-refractivity contribution in [2.75, 3.05) is 60.8 Å². The van der Waals surface area contributed by atoms with Crippen LogP contribution in [0.3, 0.4) is 0 Å². The van der Waals surface area contributed by atoms with Crippen molar-refractivity contribution >= 4 is 12.1 Å². The molecule has 2 saturated heterocycles. The standard InChI is InChI=1S/C33H59N7O10/c1-9-11-13-32-33(14-12-10-2,39(23-48-8)31(46)38(32)22-47-7)40(30(45)37(32)21-25(3)4)24-49-19-16-35-27(42)34(15-18-41)28(43)36(29(35)44)17-20-50-26(5)6/h25-26,41H,9-24H2,1-8H3. The monoisotopic (exact) mass is 713 g/mol. The molecule has 3 rings (SSSR count). The van der Waals surface area contributed by atoms with Crippen molar-refractivity contribution < 1.29 is 33.6 Å². The van der Waals surface area contributed by atoms with E-state index in [-0.39, 0.29) is 77.1 Å². The van der Waals surface area contributed by atoms with E-state index in [1.165, 1.54) is 14.2 Å². The van der Waals surface area contributed by atoms with E-state index in [4.69, 9.17) is 18.9 Å². The number of fused-ring (bicyclic) bond motifs is 1. The SMILES string of the molecule is CCCCC12N(COC)C(=O)N(COC)C1(CCCC)N(CC(C)C)C(=O)N2COCCn1c(=O)n(CCO)c(=O)n(CCOC(C)C)c1=O. The summed E-state index contributed by atoms with van der Waals surface area (Å²) in [6.45, 7) is 10.6. The average molecular weight is 714 g/mol. The van der Waals surface area contributed by atoms with Gasteiger partial charge in [0, 0.05) is 20.8 Å². The van der Waals surface area contributed by atoms with Gasteiger partial charge in [-0.3, -0.25) is 19.6 Å². The van der Waals surface area contributed by atoms with Crippen LogP contribution in [-0.4, -0.2) is 129 Å². The molecule has 0 bridgehead atoms. The summed E-state index contributed by atoms with van der Waals surface area (Å²) in [6.07, 6.45) is 3.88. The van der Waals surface area contributed by atoms with Crippen molar-refractivity contribution in [1.29, 1.82) is 0 Å². The summed E-state index contributed by atoms with van der Waals surface area (Å²) in [5.41, 5.74) is -4.83. The van der Waals surface area contributed by atoms with Crippen LogP contribution in [0.2, 0.25) is 0 Å². The van der Waals surface area contributed by atoms with E-state index < -0.39 is 35.0 Å². The van der Waals surface area contributed by atoms with Crippen LogP contribution in [0.1, 0.15) is 80.1 Å². The molecule has 2 aliphatic rings. The molecule has 2 aliphatic heterocycles. The van der Waals surface area contributed by atoms with Gasteiger partial charge in [-0.25, -0.2) is 37.7 Å². The number of methoxy groups -OCH3 is 2. The first-order valence-corrected chi connectivity index (χ1v) is 17.8. The second kappa shape index (κ2) is 18.3. The molecule has 2 unspecified atom stereocenters. The Morgan fingerprint density at radius 1 is 0.640 bits per heavy atom. The molecular weight excluding hydrogens is 654 g/mol. The molecule has 2 fully saturated rings. The fraction of sp³-hybridized carbons (Fsp3) is 0.848. The van der Waals surface area contributed by atoms with Crippen LogP contribution in [0.25, 0.3) is 0 Å². The maximum Gasteiger partial charge on any atom is 0.336 e. The minimum atomic E-state index is -1.19. The van der Waals surface area contributed by atoms with Crippen LogP contribution >= 0.6 is 0 Å². The van der Waals surface area contributed by atoms with Gasteiger partial charge in [-0.1, -0.05) is 40.5 Å². The van der Waals surface area contributed by atoms with Crippen molar-refractivity contribution in [2.24, 2.45) is 5.92 Å². The number of carbonyl (C=O) groups is 2. The molecule has 286 valence electrons. The summed E-state index contributed by atoms with van der Waals surface area (Å²) in [7, 11) is 3.03. The van der Waals surface area contributed by atoms with E-state index in [9.17, 15) is 29.1 Å². The summed E-state index contributed by atoms with van der Waals surface area (Å²) >= 11 is 0. The molecule has 0 aromatic carbocycles. The van der Waals surface area contributed by atoms with Gasteiger partial charge in [-0.15, -0.1) is 0 Å². The van der Waals surface area contributed by atoms with Gasteiger partial charge in [0.15, 0.2) is 11.3 Å². The number of ether oxygens (including phenoxy) is 4. The molecule has 4 amide bonds. The molecule has 0 radical (unpaired) electrons. The zero-order valence-corrected chi connectivity index (χ0v) is 31.2. The lowest BCUT2D eigenvalue weighted by atomic mass is 9.82. The largest absolute Gasteiger partial charge is 0.395 e. The Morgan fingerprint density at radius 3 is 1.52 bits per heavy atom. The second-order valence-corrected chi connectivity index (χ2v) is 13.5. The van der Waals surface area contributed by atoms with E-state index in [0.29, 0.717) is 25.8 Å². The Hall–Kier alpha value is -3.25. The number of amides is 4. The Balaban J connectivity index is 2.08. The van der Waals surface area contributed by atoms with Gasteiger partial charge in [0.05, 0.1) is 45.6 Å². The zero-order chi connectivity index (χ0) is 37.2.